The molecule has 2 aromatic rings. The van der Waals surface area contributed by atoms with Gasteiger partial charge in [-0.15, -0.1) is 0 Å². The third kappa shape index (κ3) is 4.90. The Balaban J connectivity index is 2.18. The fourth-order valence-electron chi connectivity index (χ4n) is 2.35. The number of esters is 1. The fraction of sp³-hybridized carbons (Fsp3) is 0.389. The summed E-state index contributed by atoms with van der Waals surface area (Å²) in [5.41, 5.74) is -0.385. The van der Waals surface area contributed by atoms with Crippen LogP contribution in [-0.2, 0) is 9.53 Å². The van der Waals surface area contributed by atoms with Gasteiger partial charge in [0.1, 0.15) is 0 Å². The smallest absolute Gasteiger partial charge is 0.359 e. The molecule has 0 aliphatic carbocycles. The van der Waals surface area contributed by atoms with Crippen LogP contribution in [0, 0.1) is 0 Å². The maximum absolute atomic E-state index is 12.5. The molecule has 144 valence electrons. The largest absolute Gasteiger partial charge is 0.451 e. The summed E-state index contributed by atoms with van der Waals surface area (Å²) in [5, 5.41) is 9.29. The van der Waals surface area contributed by atoms with Gasteiger partial charge in [-0.25, -0.2) is 14.3 Å². The maximum atomic E-state index is 12.5. The number of rotatable bonds is 6. The molecule has 9 nitrogen and oxygen atoms in total. The van der Waals surface area contributed by atoms with Gasteiger partial charge in [0.15, 0.2) is 12.3 Å². The lowest BCUT2D eigenvalue weighted by atomic mass is 10.1. The van der Waals surface area contributed by atoms with E-state index in [-0.39, 0.29) is 17.3 Å². The molecule has 2 rings (SSSR count). The minimum absolute atomic E-state index is 0.0675. The molecule has 0 atom stereocenters. The number of fused-ring (bicyclic) bond motifs is 1. The Labute approximate surface area is 155 Å². The predicted octanol–water partition coefficient (Wildman–Crippen LogP) is 1.37. The first-order valence-electron chi connectivity index (χ1n) is 8.61. The molecule has 0 spiro atoms. The summed E-state index contributed by atoms with van der Waals surface area (Å²) in [7, 11) is 0. The molecule has 27 heavy (non-hydrogen) atoms. The van der Waals surface area contributed by atoms with Gasteiger partial charge < -0.3 is 10.1 Å². The molecule has 1 aromatic heterocycles. The van der Waals surface area contributed by atoms with E-state index in [1.54, 1.807) is 38.1 Å². The second-order valence-electron chi connectivity index (χ2n) is 6.12. The minimum atomic E-state index is -0.857. The second kappa shape index (κ2) is 8.93. The van der Waals surface area contributed by atoms with Gasteiger partial charge in [-0.05, 0) is 26.3 Å². The summed E-state index contributed by atoms with van der Waals surface area (Å²) in [4.78, 5) is 48.0. The number of aromatic nitrogens is 2. The van der Waals surface area contributed by atoms with Crippen LogP contribution in [0.2, 0.25) is 0 Å². The molecule has 0 fully saturated rings. The summed E-state index contributed by atoms with van der Waals surface area (Å²) in [6, 6.07) is 5.62. The first-order valence-corrected chi connectivity index (χ1v) is 8.61. The van der Waals surface area contributed by atoms with Crippen LogP contribution in [0.3, 0.4) is 0 Å². The summed E-state index contributed by atoms with van der Waals surface area (Å²) in [6.45, 7) is 5.18. The van der Waals surface area contributed by atoms with E-state index in [1.807, 2.05) is 6.92 Å². The number of benzene rings is 1. The summed E-state index contributed by atoms with van der Waals surface area (Å²) in [6.07, 6.45) is 0.723. The lowest BCUT2D eigenvalue weighted by molar-refractivity contribution is -0.123. The van der Waals surface area contributed by atoms with Crippen LogP contribution in [0.15, 0.2) is 29.1 Å². The van der Waals surface area contributed by atoms with E-state index in [2.05, 4.69) is 15.7 Å². The average Bonchev–Trinajstić information content (AvgIpc) is 2.64. The van der Waals surface area contributed by atoms with Crippen molar-refractivity contribution in [3.63, 3.8) is 0 Å². The molecule has 9 heteroatoms. The standard InChI is InChI=1S/C18H22N4O5/c1-4-9-19-18(26)20-14(23)10-27-17(25)15-12-7-5-6-8-13(12)16(24)22(21-15)11(2)3/h5-8,11H,4,9-10H2,1-3H3,(H2,19,20,23,26). The molecule has 1 heterocycles. The van der Waals surface area contributed by atoms with E-state index >= 15 is 0 Å². The van der Waals surface area contributed by atoms with Crippen molar-refractivity contribution in [3.8, 4) is 0 Å². The molecule has 1 aromatic carbocycles. The Morgan fingerprint density at radius 1 is 1.19 bits per heavy atom. The highest BCUT2D eigenvalue weighted by Gasteiger charge is 2.20. The summed E-state index contributed by atoms with van der Waals surface area (Å²) >= 11 is 0. The summed E-state index contributed by atoms with van der Waals surface area (Å²) < 4.78 is 6.16. The molecule has 0 aliphatic heterocycles. The molecule has 0 radical (unpaired) electrons. The third-order valence-electron chi connectivity index (χ3n) is 3.63. The zero-order valence-electron chi connectivity index (χ0n) is 15.4. The molecule has 0 saturated heterocycles. The molecule has 2 N–H and O–H groups in total. The summed E-state index contributed by atoms with van der Waals surface area (Å²) in [5.74, 6) is -1.62. The van der Waals surface area contributed by atoms with Crippen LogP contribution in [0.1, 0.15) is 43.7 Å². The number of imide groups is 1. The molecular weight excluding hydrogens is 352 g/mol. The van der Waals surface area contributed by atoms with Crippen LogP contribution in [-0.4, -0.2) is 40.8 Å². The van der Waals surface area contributed by atoms with Crippen LogP contribution in [0.5, 0.6) is 0 Å². The van der Waals surface area contributed by atoms with Crippen molar-refractivity contribution in [1.29, 1.82) is 0 Å². The first-order chi connectivity index (χ1) is 12.8. The Morgan fingerprint density at radius 2 is 1.85 bits per heavy atom. The number of carbonyl (C=O) groups excluding carboxylic acids is 3. The van der Waals surface area contributed by atoms with Crippen LogP contribution < -0.4 is 16.2 Å². The van der Waals surface area contributed by atoms with E-state index in [1.165, 1.54) is 4.68 Å². The van der Waals surface area contributed by atoms with Crippen LogP contribution in [0.4, 0.5) is 4.79 Å². The molecule has 0 saturated carbocycles. The van der Waals surface area contributed by atoms with Crippen molar-refractivity contribution in [2.45, 2.75) is 33.2 Å². The predicted molar refractivity (Wildman–Crippen MR) is 98.5 cm³/mol. The van der Waals surface area contributed by atoms with Gasteiger partial charge in [-0.1, -0.05) is 25.1 Å². The van der Waals surface area contributed by atoms with Crippen molar-refractivity contribution in [2.24, 2.45) is 0 Å². The van der Waals surface area contributed by atoms with Crippen molar-refractivity contribution >= 4 is 28.7 Å². The Hall–Kier alpha value is -3.23. The van der Waals surface area contributed by atoms with Crippen molar-refractivity contribution in [2.75, 3.05) is 13.2 Å². The lowest BCUT2D eigenvalue weighted by Crippen LogP contribution is -2.41. The van der Waals surface area contributed by atoms with Gasteiger partial charge in [-0.3, -0.25) is 14.9 Å². The quantitative estimate of drug-likeness (QED) is 0.737. The zero-order chi connectivity index (χ0) is 20.0. The van der Waals surface area contributed by atoms with E-state index < -0.39 is 24.5 Å². The number of hydrogen-bond acceptors (Lipinski definition) is 6. The maximum Gasteiger partial charge on any atom is 0.359 e. The highest BCUT2D eigenvalue weighted by Crippen LogP contribution is 2.15. The van der Waals surface area contributed by atoms with E-state index in [4.69, 9.17) is 4.74 Å². The van der Waals surface area contributed by atoms with Crippen molar-refractivity contribution in [3.05, 3.63) is 40.3 Å². The Morgan fingerprint density at radius 3 is 2.48 bits per heavy atom. The molecule has 0 unspecified atom stereocenters. The van der Waals surface area contributed by atoms with Crippen molar-refractivity contribution < 1.29 is 19.1 Å². The minimum Gasteiger partial charge on any atom is -0.451 e. The van der Waals surface area contributed by atoms with Gasteiger partial charge in [0.05, 0.1) is 11.4 Å². The first kappa shape index (κ1) is 20.1. The van der Waals surface area contributed by atoms with E-state index in [0.29, 0.717) is 17.3 Å². The van der Waals surface area contributed by atoms with Gasteiger partial charge in [0, 0.05) is 11.9 Å². The van der Waals surface area contributed by atoms with Crippen LogP contribution >= 0.6 is 0 Å². The van der Waals surface area contributed by atoms with E-state index in [9.17, 15) is 19.2 Å². The highest BCUT2D eigenvalue weighted by atomic mass is 16.5. The number of hydrogen-bond donors (Lipinski definition) is 2. The number of nitrogens with one attached hydrogen (secondary N) is 2. The van der Waals surface area contributed by atoms with Crippen LogP contribution in [0.25, 0.3) is 10.8 Å². The SMILES string of the molecule is CCCNC(=O)NC(=O)COC(=O)c1nn(C(C)C)c(=O)c2ccccc12. The number of urea groups is 1. The van der Waals surface area contributed by atoms with Crippen molar-refractivity contribution in [1.82, 2.24) is 20.4 Å². The third-order valence-corrected chi connectivity index (χ3v) is 3.63. The fourth-order valence-corrected chi connectivity index (χ4v) is 2.35. The molecule has 0 aliphatic rings. The number of carbonyl (C=O) groups is 3. The zero-order valence-corrected chi connectivity index (χ0v) is 15.4. The number of amides is 3. The molecule has 0 bridgehead atoms. The lowest BCUT2D eigenvalue weighted by Gasteiger charge is -2.13. The highest BCUT2D eigenvalue weighted by molar-refractivity contribution is 6.03. The monoisotopic (exact) mass is 374 g/mol. The Bertz CT molecular complexity index is 920. The van der Waals surface area contributed by atoms with Gasteiger partial charge >= 0.3 is 12.0 Å². The average molecular weight is 374 g/mol. The number of ether oxygens (including phenoxy) is 1. The van der Waals surface area contributed by atoms with Gasteiger partial charge in [0.2, 0.25) is 0 Å². The Kier molecular flexibility index (Phi) is 6.64. The topological polar surface area (TPSA) is 119 Å². The van der Waals surface area contributed by atoms with Gasteiger partial charge in [-0.2, -0.15) is 5.10 Å². The van der Waals surface area contributed by atoms with E-state index in [0.717, 1.165) is 6.42 Å². The molecule has 3 amide bonds. The second-order valence-corrected chi connectivity index (χ2v) is 6.12. The molecular formula is C18H22N4O5. The normalized spacial score (nSPS) is 10.7. The number of nitrogens with zero attached hydrogens (tertiary/aromatic N) is 2. The van der Waals surface area contributed by atoms with Gasteiger partial charge in [0.25, 0.3) is 11.5 Å².